The first-order chi connectivity index (χ1) is 9.37. The lowest BCUT2D eigenvalue weighted by molar-refractivity contribution is -0.139. The van der Waals surface area contributed by atoms with Crippen molar-refractivity contribution < 1.29 is 14.4 Å². The summed E-state index contributed by atoms with van der Waals surface area (Å²) in [5, 5.41) is 12.8. The molecule has 0 aliphatic heterocycles. The summed E-state index contributed by atoms with van der Waals surface area (Å²) in [6, 6.07) is 1.83. The number of carbonyl (C=O) groups is 1. The number of aryl methyl sites for hydroxylation is 1. The fourth-order valence-electron chi connectivity index (χ4n) is 2.04. The molecule has 106 valence electrons. The summed E-state index contributed by atoms with van der Waals surface area (Å²) < 4.78 is 5.22. The van der Waals surface area contributed by atoms with Gasteiger partial charge in [-0.05, 0) is 24.0 Å². The third-order valence-corrected chi connectivity index (χ3v) is 2.99. The minimum Gasteiger partial charge on any atom is -0.481 e. The van der Waals surface area contributed by atoms with E-state index in [-0.39, 0.29) is 6.42 Å². The van der Waals surface area contributed by atoms with Crippen LogP contribution >= 0.6 is 0 Å². The molecule has 0 bridgehead atoms. The molecule has 20 heavy (non-hydrogen) atoms. The van der Waals surface area contributed by atoms with E-state index >= 15 is 0 Å². The average Bonchev–Trinajstić information content (AvgIpc) is 2.75. The van der Waals surface area contributed by atoms with Crippen LogP contribution in [0.15, 0.2) is 23.0 Å². The number of hydrogen-bond acceptors (Lipinski definition) is 5. The van der Waals surface area contributed by atoms with Crippen LogP contribution in [0.2, 0.25) is 0 Å². The number of hydrogen-bond donors (Lipinski definition) is 1. The zero-order valence-electron chi connectivity index (χ0n) is 11.8. The first kappa shape index (κ1) is 14.2. The normalized spacial score (nSPS) is 11.6. The van der Waals surface area contributed by atoms with Gasteiger partial charge in [0, 0.05) is 24.4 Å². The van der Waals surface area contributed by atoms with Crippen LogP contribution in [0.3, 0.4) is 0 Å². The molecule has 0 aromatic carbocycles. The number of carboxylic acids is 1. The van der Waals surface area contributed by atoms with E-state index < -0.39 is 11.4 Å². The zero-order valence-corrected chi connectivity index (χ0v) is 11.8. The van der Waals surface area contributed by atoms with Gasteiger partial charge in [-0.15, -0.1) is 0 Å². The van der Waals surface area contributed by atoms with Crippen molar-refractivity contribution in [2.75, 3.05) is 0 Å². The Bertz CT molecular complexity index is 620. The predicted octanol–water partition coefficient (Wildman–Crippen LogP) is 2.48. The van der Waals surface area contributed by atoms with Crippen LogP contribution in [-0.4, -0.2) is 26.2 Å². The standard InChI is InChI=1S/C14H17N3O3/c1-9-8-15-5-4-10(9)13-16-11(20-17-13)6-14(2,3)7-12(18)19/h4-5,8H,6-7H2,1-3H3,(H,18,19). The van der Waals surface area contributed by atoms with Crippen molar-refractivity contribution in [3.63, 3.8) is 0 Å². The first-order valence-corrected chi connectivity index (χ1v) is 6.33. The highest BCUT2D eigenvalue weighted by atomic mass is 16.5. The Morgan fingerprint density at radius 1 is 1.45 bits per heavy atom. The monoisotopic (exact) mass is 275 g/mol. The molecule has 0 atom stereocenters. The lowest BCUT2D eigenvalue weighted by atomic mass is 9.86. The first-order valence-electron chi connectivity index (χ1n) is 6.33. The third kappa shape index (κ3) is 3.40. The van der Waals surface area contributed by atoms with E-state index in [1.165, 1.54) is 0 Å². The van der Waals surface area contributed by atoms with Crippen molar-refractivity contribution in [1.29, 1.82) is 0 Å². The van der Waals surface area contributed by atoms with Gasteiger partial charge < -0.3 is 9.63 Å². The minimum absolute atomic E-state index is 0.0546. The van der Waals surface area contributed by atoms with Gasteiger partial charge in [-0.3, -0.25) is 9.78 Å². The van der Waals surface area contributed by atoms with Gasteiger partial charge in [0.05, 0.1) is 6.42 Å². The van der Waals surface area contributed by atoms with Crippen molar-refractivity contribution in [3.8, 4) is 11.4 Å². The summed E-state index contributed by atoms with van der Waals surface area (Å²) in [4.78, 5) is 19.2. The summed E-state index contributed by atoms with van der Waals surface area (Å²) in [6.45, 7) is 5.65. The van der Waals surface area contributed by atoms with E-state index in [0.717, 1.165) is 11.1 Å². The fraction of sp³-hybridized carbons (Fsp3) is 0.429. The second-order valence-electron chi connectivity index (χ2n) is 5.61. The van der Waals surface area contributed by atoms with Crippen LogP contribution in [0.1, 0.15) is 31.7 Å². The van der Waals surface area contributed by atoms with Gasteiger partial charge >= 0.3 is 5.97 Å². The van der Waals surface area contributed by atoms with Crippen molar-refractivity contribution in [3.05, 3.63) is 29.9 Å². The van der Waals surface area contributed by atoms with Crippen LogP contribution in [0.5, 0.6) is 0 Å². The Labute approximate surface area is 116 Å². The molecule has 0 fully saturated rings. The molecule has 0 radical (unpaired) electrons. The minimum atomic E-state index is -0.834. The molecule has 6 nitrogen and oxygen atoms in total. The maximum atomic E-state index is 10.8. The predicted molar refractivity (Wildman–Crippen MR) is 72.0 cm³/mol. The van der Waals surface area contributed by atoms with E-state index in [9.17, 15) is 4.79 Å². The highest BCUT2D eigenvalue weighted by Gasteiger charge is 2.25. The Morgan fingerprint density at radius 3 is 2.85 bits per heavy atom. The highest BCUT2D eigenvalue weighted by Crippen LogP contribution is 2.27. The molecule has 1 N–H and O–H groups in total. The van der Waals surface area contributed by atoms with E-state index in [1.807, 2.05) is 26.8 Å². The molecule has 0 saturated carbocycles. The van der Waals surface area contributed by atoms with Gasteiger partial charge in [0.25, 0.3) is 0 Å². The lowest BCUT2D eigenvalue weighted by Crippen LogP contribution is -2.19. The molecule has 2 rings (SSSR count). The molecule has 2 aromatic heterocycles. The average molecular weight is 275 g/mol. The molecule has 0 unspecified atom stereocenters. The van der Waals surface area contributed by atoms with Crippen LogP contribution < -0.4 is 0 Å². The van der Waals surface area contributed by atoms with E-state index in [2.05, 4.69) is 15.1 Å². The molecule has 0 spiro atoms. The smallest absolute Gasteiger partial charge is 0.303 e. The van der Waals surface area contributed by atoms with Gasteiger partial charge in [0.2, 0.25) is 11.7 Å². The number of nitrogens with zero attached hydrogens (tertiary/aromatic N) is 3. The highest BCUT2D eigenvalue weighted by molar-refractivity contribution is 5.67. The van der Waals surface area contributed by atoms with Crippen molar-refractivity contribution >= 4 is 5.97 Å². The molecular weight excluding hydrogens is 258 g/mol. The Kier molecular flexibility index (Phi) is 3.83. The molecule has 2 aromatic rings. The van der Waals surface area contributed by atoms with Gasteiger partial charge in [0.15, 0.2) is 0 Å². The maximum absolute atomic E-state index is 10.8. The number of carboxylic acid groups (broad SMARTS) is 1. The van der Waals surface area contributed by atoms with E-state index in [1.54, 1.807) is 12.4 Å². The van der Waals surface area contributed by atoms with Crippen LogP contribution in [0.4, 0.5) is 0 Å². The second kappa shape index (κ2) is 5.40. The fourth-order valence-corrected chi connectivity index (χ4v) is 2.04. The SMILES string of the molecule is Cc1cnccc1-c1noc(CC(C)(C)CC(=O)O)n1. The van der Waals surface area contributed by atoms with Gasteiger partial charge in [-0.25, -0.2) is 0 Å². The number of aliphatic carboxylic acids is 1. The maximum Gasteiger partial charge on any atom is 0.303 e. The molecule has 0 saturated heterocycles. The zero-order chi connectivity index (χ0) is 14.8. The second-order valence-corrected chi connectivity index (χ2v) is 5.61. The van der Waals surface area contributed by atoms with Crippen molar-refractivity contribution in [2.45, 2.75) is 33.6 Å². The van der Waals surface area contributed by atoms with Crippen molar-refractivity contribution in [2.24, 2.45) is 5.41 Å². The Hall–Kier alpha value is -2.24. The number of pyridine rings is 1. The molecule has 0 aliphatic carbocycles. The molecule has 0 aliphatic rings. The van der Waals surface area contributed by atoms with Gasteiger partial charge in [-0.1, -0.05) is 19.0 Å². The molecule has 6 heteroatoms. The van der Waals surface area contributed by atoms with Crippen LogP contribution in [0.25, 0.3) is 11.4 Å². The summed E-state index contributed by atoms with van der Waals surface area (Å²) in [5.74, 6) is 0.119. The third-order valence-electron chi connectivity index (χ3n) is 2.99. The Balaban J connectivity index is 2.18. The quantitative estimate of drug-likeness (QED) is 0.901. The molecular formula is C14H17N3O3. The summed E-state index contributed by atoms with van der Waals surface area (Å²) in [7, 11) is 0. The Morgan fingerprint density at radius 2 is 2.20 bits per heavy atom. The summed E-state index contributed by atoms with van der Waals surface area (Å²) in [5.41, 5.74) is 1.40. The van der Waals surface area contributed by atoms with Gasteiger partial charge in [-0.2, -0.15) is 4.98 Å². The largest absolute Gasteiger partial charge is 0.481 e. The number of aromatic nitrogens is 3. The topological polar surface area (TPSA) is 89.1 Å². The molecule has 2 heterocycles. The number of rotatable bonds is 5. The van der Waals surface area contributed by atoms with E-state index in [4.69, 9.17) is 9.63 Å². The summed E-state index contributed by atoms with van der Waals surface area (Å²) >= 11 is 0. The lowest BCUT2D eigenvalue weighted by Gasteiger charge is -2.19. The summed E-state index contributed by atoms with van der Waals surface area (Å²) in [6.07, 6.45) is 3.89. The van der Waals surface area contributed by atoms with Gasteiger partial charge in [0.1, 0.15) is 0 Å². The van der Waals surface area contributed by atoms with E-state index in [0.29, 0.717) is 18.1 Å². The molecule has 0 amide bonds. The van der Waals surface area contributed by atoms with Crippen LogP contribution in [-0.2, 0) is 11.2 Å². The van der Waals surface area contributed by atoms with Crippen LogP contribution in [0, 0.1) is 12.3 Å². The van der Waals surface area contributed by atoms with Crippen molar-refractivity contribution in [1.82, 2.24) is 15.1 Å².